The molecule has 0 amide bonds. The predicted octanol–water partition coefficient (Wildman–Crippen LogP) is 3.08. The Labute approximate surface area is 107 Å². The molecule has 0 radical (unpaired) electrons. The van der Waals surface area contributed by atoms with Gasteiger partial charge in [-0.15, -0.1) is 0 Å². The second kappa shape index (κ2) is 7.91. The number of halogens is 2. The number of benzene rings is 1. The molecule has 0 saturated carbocycles. The molecule has 2 nitrogen and oxygen atoms in total. The Hall–Kier alpha value is -0.280. The van der Waals surface area contributed by atoms with Gasteiger partial charge in [-0.25, -0.2) is 0 Å². The smallest absolute Gasteiger partial charge is 0.0465 e. The molecule has 0 aliphatic carbocycles. The summed E-state index contributed by atoms with van der Waals surface area (Å²) in [6.07, 6.45) is 1.11. The molecule has 0 bridgehead atoms. The van der Waals surface area contributed by atoms with E-state index in [-0.39, 0.29) is 0 Å². The number of hydrogen-bond donors (Lipinski definition) is 2. The lowest BCUT2D eigenvalue weighted by Crippen LogP contribution is -2.21. The summed E-state index contributed by atoms with van der Waals surface area (Å²) in [7, 11) is 0. The Kier molecular flexibility index (Phi) is 6.81. The molecule has 1 aromatic carbocycles. The van der Waals surface area contributed by atoms with Crippen LogP contribution >= 0.6 is 23.2 Å². The quantitative estimate of drug-likeness (QED) is 0.737. The third-order valence-corrected chi connectivity index (χ3v) is 3.03. The summed E-state index contributed by atoms with van der Waals surface area (Å²) in [4.78, 5) is 0. The second-order valence-corrected chi connectivity index (χ2v) is 4.40. The lowest BCUT2D eigenvalue weighted by Gasteiger charge is -2.08. The summed E-state index contributed by atoms with van der Waals surface area (Å²) in [6.45, 7) is 5.87. The fraction of sp³-hybridized carbons (Fsp3) is 0.500. The maximum absolute atomic E-state index is 6.06. The van der Waals surface area contributed by atoms with Crippen LogP contribution in [-0.4, -0.2) is 19.6 Å². The van der Waals surface area contributed by atoms with Crippen LogP contribution in [0.2, 0.25) is 10.0 Å². The third kappa shape index (κ3) is 4.71. The van der Waals surface area contributed by atoms with Crippen LogP contribution in [0.3, 0.4) is 0 Å². The molecule has 0 atom stereocenters. The molecular weight excluding hydrogens is 243 g/mol. The van der Waals surface area contributed by atoms with E-state index in [4.69, 9.17) is 23.2 Å². The summed E-state index contributed by atoms with van der Waals surface area (Å²) in [5, 5.41) is 8.07. The summed E-state index contributed by atoms with van der Waals surface area (Å²) in [5.74, 6) is 0. The highest BCUT2D eigenvalue weighted by atomic mass is 35.5. The fourth-order valence-electron chi connectivity index (χ4n) is 1.43. The van der Waals surface area contributed by atoms with Crippen molar-refractivity contribution < 1.29 is 0 Å². The summed E-state index contributed by atoms with van der Waals surface area (Å²) >= 11 is 12.1. The minimum atomic E-state index is 0.727. The molecule has 16 heavy (non-hydrogen) atoms. The summed E-state index contributed by atoms with van der Waals surface area (Å²) in [5.41, 5.74) is 0.981. The highest BCUT2D eigenvalue weighted by Gasteiger charge is 2.03. The minimum Gasteiger partial charge on any atom is -0.317 e. The van der Waals surface area contributed by atoms with Crippen molar-refractivity contribution in [1.29, 1.82) is 0 Å². The molecule has 1 aromatic rings. The first-order valence-electron chi connectivity index (χ1n) is 5.60. The zero-order valence-electron chi connectivity index (χ0n) is 9.52. The van der Waals surface area contributed by atoms with E-state index >= 15 is 0 Å². The van der Waals surface area contributed by atoms with Crippen LogP contribution < -0.4 is 10.6 Å². The predicted molar refractivity (Wildman–Crippen MR) is 71.3 cm³/mol. The van der Waals surface area contributed by atoms with Crippen molar-refractivity contribution in [3.8, 4) is 0 Å². The largest absolute Gasteiger partial charge is 0.317 e. The number of rotatable bonds is 7. The van der Waals surface area contributed by atoms with Crippen molar-refractivity contribution in [1.82, 2.24) is 10.6 Å². The fourth-order valence-corrected chi connectivity index (χ4v) is 1.96. The Balaban J connectivity index is 2.26. The molecule has 0 unspecified atom stereocenters. The van der Waals surface area contributed by atoms with Gasteiger partial charge >= 0.3 is 0 Å². The van der Waals surface area contributed by atoms with Gasteiger partial charge in [0.15, 0.2) is 0 Å². The molecular formula is C12H18Cl2N2. The standard InChI is InChI=1S/C12H18Cl2N2/c1-2-15-7-4-8-16-9-10-11(13)5-3-6-12(10)14/h3,5-6,15-16H,2,4,7-9H2,1H3. The molecule has 0 aliphatic rings. The highest BCUT2D eigenvalue weighted by molar-refractivity contribution is 6.35. The second-order valence-electron chi connectivity index (χ2n) is 3.58. The summed E-state index contributed by atoms with van der Waals surface area (Å²) in [6, 6.07) is 5.59. The van der Waals surface area contributed by atoms with E-state index in [9.17, 15) is 0 Å². The van der Waals surface area contributed by atoms with Gasteiger partial charge in [-0.1, -0.05) is 36.2 Å². The van der Waals surface area contributed by atoms with Crippen LogP contribution in [0.15, 0.2) is 18.2 Å². The van der Waals surface area contributed by atoms with Crippen LogP contribution in [-0.2, 0) is 6.54 Å². The maximum Gasteiger partial charge on any atom is 0.0465 e. The molecule has 2 N–H and O–H groups in total. The Morgan fingerprint density at radius 2 is 1.69 bits per heavy atom. The van der Waals surface area contributed by atoms with E-state index in [0.717, 1.165) is 48.2 Å². The molecule has 0 aromatic heterocycles. The number of hydrogen-bond acceptors (Lipinski definition) is 2. The molecule has 4 heteroatoms. The van der Waals surface area contributed by atoms with Gasteiger partial charge in [-0.2, -0.15) is 0 Å². The van der Waals surface area contributed by atoms with E-state index in [2.05, 4.69) is 17.6 Å². The molecule has 90 valence electrons. The first-order valence-corrected chi connectivity index (χ1v) is 6.35. The monoisotopic (exact) mass is 260 g/mol. The average molecular weight is 261 g/mol. The lowest BCUT2D eigenvalue weighted by atomic mass is 10.2. The lowest BCUT2D eigenvalue weighted by molar-refractivity contribution is 0.606. The maximum atomic E-state index is 6.06. The van der Waals surface area contributed by atoms with E-state index in [1.165, 1.54) is 0 Å². The molecule has 0 heterocycles. The van der Waals surface area contributed by atoms with Crippen molar-refractivity contribution in [3.63, 3.8) is 0 Å². The van der Waals surface area contributed by atoms with Crippen LogP contribution in [0.5, 0.6) is 0 Å². The normalized spacial score (nSPS) is 10.7. The van der Waals surface area contributed by atoms with Crippen LogP contribution in [0.1, 0.15) is 18.9 Å². The molecule has 0 fully saturated rings. The Morgan fingerprint density at radius 3 is 2.31 bits per heavy atom. The van der Waals surface area contributed by atoms with Crippen molar-refractivity contribution >= 4 is 23.2 Å². The topological polar surface area (TPSA) is 24.1 Å². The van der Waals surface area contributed by atoms with Crippen molar-refractivity contribution in [2.24, 2.45) is 0 Å². The van der Waals surface area contributed by atoms with E-state index < -0.39 is 0 Å². The number of nitrogens with one attached hydrogen (secondary N) is 2. The molecule has 0 saturated heterocycles. The minimum absolute atomic E-state index is 0.727. The molecule has 0 aliphatic heterocycles. The zero-order valence-corrected chi connectivity index (χ0v) is 11.0. The van der Waals surface area contributed by atoms with Gasteiger partial charge in [0, 0.05) is 22.2 Å². The van der Waals surface area contributed by atoms with Crippen molar-refractivity contribution in [3.05, 3.63) is 33.8 Å². The van der Waals surface area contributed by atoms with Gasteiger partial charge in [0.25, 0.3) is 0 Å². The highest BCUT2D eigenvalue weighted by Crippen LogP contribution is 2.23. The molecule has 0 spiro atoms. The van der Waals surface area contributed by atoms with Gasteiger partial charge < -0.3 is 10.6 Å². The van der Waals surface area contributed by atoms with Crippen molar-refractivity contribution in [2.75, 3.05) is 19.6 Å². The van der Waals surface area contributed by atoms with E-state index in [1.807, 2.05) is 18.2 Å². The first-order chi connectivity index (χ1) is 7.75. The van der Waals surface area contributed by atoms with Gasteiger partial charge in [-0.3, -0.25) is 0 Å². The third-order valence-electron chi connectivity index (χ3n) is 2.32. The van der Waals surface area contributed by atoms with Gasteiger partial charge in [-0.05, 0) is 38.2 Å². The van der Waals surface area contributed by atoms with E-state index in [1.54, 1.807) is 0 Å². The van der Waals surface area contributed by atoms with Crippen LogP contribution in [0.4, 0.5) is 0 Å². The van der Waals surface area contributed by atoms with Crippen LogP contribution in [0.25, 0.3) is 0 Å². The van der Waals surface area contributed by atoms with Gasteiger partial charge in [0.05, 0.1) is 0 Å². The van der Waals surface area contributed by atoms with E-state index in [0.29, 0.717) is 0 Å². The van der Waals surface area contributed by atoms with Crippen LogP contribution in [0, 0.1) is 0 Å². The zero-order chi connectivity index (χ0) is 11.8. The van der Waals surface area contributed by atoms with Gasteiger partial charge in [0.1, 0.15) is 0 Å². The van der Waals surface area contributed by atoms with Gasteiger partial charge in [0.2, 0.25) is 0 Å². The SMILES string of the molecule is CCNCCCNCc1c(Cl)cccc1Cl. The Morgan fingerprint density at radius 1 is 1.06 bits per heavy atom. The van der Waals surface area contributed by atoms with Crippen molar-refractivity contribution in [2.45, 2.75) is 19.9 Å². The summed E-state index contributed by atoms with van der Waals surface area (Å²) < 4.78 is 0. The Bertz CT molecular complexity index is 296. The average Bonchev–Trinajstić information content (AvgIpc) is 2.26. The molecule has 1 rings (SSSR count). The first kappa shape index (κ1) is 13.8.